The van der Waals surface area contributed by atoms with Crippen molar-refractivity contribution in [3.05, 3.63) is 29.6 Å². The van der Waals surface area contributed by atoms with Crippen LogP contribution in [0.5, 0.6) is 0 Å². The van der Waals surface area contributed by atoms with Gasteiger partial charge in [0.15, 0.2) is 0 Å². The van der Waals surface area contributed by atoms with Gasteiger partial charge in [0.2, 0.25) is 10.0 Å². The Bertz CT molecular complexity index is 612. The summed E-state index contributed by atoms with van der Waals surface area (Å²) < 4.78 is 40.3. The lowest BCUT2D eigenvalue weighted by atomic mass is 10.2. The van der Waals surface area contributed by atoms with Gasteiger partial charge in [-0.1, -0.05) is 12.2 Å². The van der Waals surface area contributed by atoms with Gasteiger partial charge in [0.25, 0.3) is 0 Å². The molecule has 1 aliphatic rings. The monoisotopic (exact) mass is 302 g/mol. The number of thiocarbonyl (C=S) groups is 1. The highest BCUT2D eigenvalue weighted by atomic mass is 32.2. The van der Waals surface area contributed by atoms with Crippen LogP contribution in [0.1, 0.15) is 25.3 Å². The van der Waals surface area contributed by atoms with Crippen molar-refractivity contribution in [2.75, 3.05) is 0 Å². The van der Waals surface area contributed by atoms with E-state index in [9.17, 15) is 12.8 Å². The molecule has 19 heavy (non-hydrogen) atoms. The van der Waals surface area contributed by atoms with E-state index in [0.717, 1.165) is 18.9 Å². The van der Waals surface area contributed by atoms with Crippen LogP contribution in [0.3, 0.4) is 0 Å². The van der Waals surface area contributed by atoms with Gasteiger partial charge in [-0.05, 0) is 43.9 Å². The van der Waals surface area contributed by atoms with E-state index in [1.807, 2.05) is 6.92 Å². The fraction of sp³-hybridized carbons (Fsp3) is 0.417. The third-order valence-electron chi connectivity index (χ3n) is 3.18. The zero-order chi connectivity index (χ0) is 14.2. The molecule has 1 aromatic carbocycles. The standard InChI is InChI=1S/C12H15FN2O2S2/c1-7(8-2-3-8)15-19(16,17)9-4-5-11(13)10(6-9)12(14)18/h4-8,15H,2-3H2,1H3,(H2,14,18). The van der Waals surface area contributed by atoms with Crippen LogP contribution in [0.15, 0.2) is 23.1 Å². The van der Waals surface area contributed by atoms with Gasteiger partial charge in [0.05, 0.1) is 4.90 Å². The van der Waals surface area contributed by atoms with Crippen molar-refractivity contribution < 1.29 is 12.8 Å². The van der Waals surface area contributed by atoms with Gasteiger partial charge < -0.3 is 5.73 Å². The molecule has 0 saturated heterocycles. The van der Waals surface area contributed by atoms with Gasteiger partial charge in [-0.15, -0.1) is 0 Å². The first-order valence-corrected chi connectivity index (χ1v) is 7.82. The zero-order valence-corrected chi connectivity index (χ0v) is 12.0. The molecule has 104 valence electrons. The van der Waals surface area contributed by atoms with Crippen LogP contribution >= 0.6 is 12.2 Å². The predicted octanol–water partition coefficient (Wildman–Crippen LogP) is 1.54. The molecule has 4 nitrogen and oxygen atoms in total. The molecule has 0 aromatic heterocycles. The second-order valence-electron chi connectivity index (χ2n) is 4.75. The van der Waals surface area contributed by atoms with E-state index in [2.05, 4.69) is 4.72 Å². The second kappa shape index (κ2) is 5.15. The lowest BCUT2D eigenvalue weighted by Gasteiger charge is -2.14. The van der Waals surface area contributed by atoms with E-state index >= 15 is 0 Å². The lowest BCUT2D eigenvalue weighted by Crippen LogP contribution is -2.34. The van der Waals surface area contributed by atoms with Gasteiger partial charge >= 0.3 is 0 Å². The lowest BCUT2D eigenvalue weighted by molar-refractivity contribution is 0.537. The van der Waals surface area contributed by atoms with E-state index in [-0.39, 0.29) is 21.5 Å². The minimum absolute atomic E-state index is 0.0239. The van der Waals surface area contributed by atoms with Crippen molar-refractivity contribution in [2.24, 2.45) is 11.7 Å². The minimum atomic E-state index is -3.67. The SMILES string of the molecule is CC(NS(=O)(=O)c1ccc(F)c(C(N)=S)c1)C1CC1. The molecule has 0 spiro atoms. The topological polar surface area (TPSA) is 72.2 Å². The van der Waals surface area contributed by atoms with Crippen LogP contribution in [-0.2, 0) is 10.0 Å². The summed E-state index contributed by atoms with van der Waals surface area (Å²) in [6.07, 6.45) is 2.07. The number of rotatable bonds is 5. The maximum atomic E-state index is 13.4. The molecular weight excluding hydrogens is 287 g/mol. The van der Waals surface area contributed by atoms with Crippen molar-refractivity contribution in [3.8, 4) is 0 Å². The quantitative estimate of drug-likeness (QED) is 0.809. The van der Waals surface area contributed by atoms with Crippen LogP contribution in [0.4, 0.5) is 4.39 Å². The number of hydrogen-bond acceptors (Lipinski definition) is 3. The van der Waals surface area contributed by atoms with Gasteiger partial charge in [0, 0.05) is 11.6 Å². The Morgan fingerprint density at radius 2 is 2.16 bits per heavy atom. The van der Waals surface area contributed by atoms with E-state index < -0.39 is 15.8 Å². The average molecular weight is 302 g/mol. The summed E-state index contributed by atoms with van der Waals surface area (Å²) in [7, 11) is -3.67. The van der Waals surface area contributed by atoms with E-state index in [4.69, 9.17) is 18.0 Å². The molecule has 2 rings (SSSR count). The Morgan fingerprint density at radius 1 is 1.53 bits per heavy atom. The Hall–Kier alpha value is -1.05. The molecule has 0 bridgehead atoms. The summed E-state index contributed by atoms with van der Waals surface area (Å²) in [6.45, 7) is 1.83. The van der Waals surface area contributed by atoms with E-state index in [1.54, 1.807) is 0 Å². The molecule has 0 radical (unpaired) electrons. The number of benzene rings is 1. The van der Waals surface area contributed by atoms with Crippen molar-refractivity contribution in [3.63, 3.8) is 0 Å². The minimum Gasteiger partial charge on any atom is -0.389 e. The second-order valence-corrected chi connectivity index (χ2v) is 6.91. The first-order valence-electron chi connectivity index (χ1n) is 5.93. The fourth-order valence-electron chi connectivity index (χ4n) is 1.87. The molecular formula is C12H15FN2O2S2. The van der Waals surface area contributed by atoms with E-state index in [1.165, 1.54) is 12.1 Å². The largest absolute Gasteiger partial charge is 0.389 e. The van der Waals surface area contributed by atoms with Gasteiger partial charge in [-0.2, -0.15) is 0 Å². The summed E-state index contributed by atoms with van der Waals surface area (Å²) in [5.74, 6) is -0.230. The predicted molar refractivity (Wildman–Crippen MR) is 74.8 cm³/mol. The molecule has 1 saturated carbocycles. The summed E-state index contributed by atoms with van der Waals surface area (Å²) >= 11 is 4.69. The van der Waals surface area contributed by atoms with Crippen molar-refractivity contribution >= 4 is 27.2 Å². The molecule has 0 heterocycles. The Morgan fingerprint density at radius 3 is 2.68 bits per heavy atom. The molecule has 1 aliphatic carbocycles. The number of nitrogens with one attached hydrogen (secondary N) is 1. The number of sulfonamides is 1. The average Bonchev–Trinajstić information content (AvgIpc) is 3.11. The maximum Gasteiger partial charge on any atom is 0.240 e. The first kappa shape index (κ1) is 14.4. The third kappa shape index (κ3) is 3.29. The van der Waals surface area contributed by atoms with Crippen molar-refractivity contribution in [2.45, 2.75) is 30.7 Å². The van der Waals surface area contributed by atoms with Crippen LogP contribution in [0.25, 0.3) is 0 Å². The molecule has 1 atom stereocenters. The van der Waals surface area contributed by atoms with Crippen molar-refractivity contribution in [1.29, 1.82) is 0 Å². The number of hydrogen-bond donors (Lipinski definition) is 2. The van der Waals surface area contributed by atoms with Crippen LogP contribution < -0.4 is 10.5 Å². The van der Waals surface area contributed by atoms with Crippen LogP contribution in [0, 0.1) is 11.7 Å². The molecule has 0 aliphatic heterocycles. The van der Waals surface area contributed by atoms with Gasteiger partial charge in [0.1, 0.15) is 10.8 Å². The smallest absolute Gasteiger partial charge is 0.240 e. The molecule has 3 N–H and O–H groups in total. The number of halogens is 1. The number of nitrogens with two attached hydrogens (primary N) is 1. The zero-order valence-electron chi connectivity index (χ0n) is 10.4. The molecule has 7 heteroatoms. The summed E-state index contributed by atoms with van der Waals surface area (Å²) in [5, 5.41) is 0. The third-order valence-corrected chi connectivity index (χ3v) is 4.96. The van der Waals surface area contributed by atoms with E-state index in [0.29, 0.717) is 5.92 Å². The highest BCUT2D eigenvalue weighted by Gasteiger charge is 2.31. The molecule has 1 aromatic rings. The maximum absolute atomic E-state index is 13.4. The first-order chi connectivity index (χ1) is 8.81. The van der Waals surface area contributed by atoms with Gasteiger partial charge in [-0.25, -0.2) is 17.5 Å². The molecule has 1 unspecified atom stereocenters. The Labute approximate surface area is 117 Å². The van der Waals surface area contributed by atoms with Gasteiger partial charge in [-0.3, -0.25) is 0 Å². The summed E-state index contributed by atoms with van der Waals surface area (Å²) in [5.41, 5.74) is 5.30. The van der Waals surface area contributed by atoms with Crippen LogP contribution in [-0.4, -0.2) is 19.4 Å². The van der Waals surface area contributed by atoms with Crippen LogP contribution in [0.2, 0.25) is 0 Å². The molecule has 1 fully saturated rings. The highest BCUT2D eigenvalue weighted by molar-refractivity contribution is 7.89. The summed E-state index contributed by atoms with van der Waals surface area (Å²) in [6, 6.07) is 3.31. The normalized spacial score (nSPS) is 17.2. The highest BCUT2D eigenvalue weighted by Crippen LogP contribution is 2.33. The fourth-order valence-corrected chi connectivity index (χ4v) is 3.36. The van der Waals surface area contributed by atoms with Crippen molar-refractivity contribution in [1.82, 2.24) is 4.72 Å². The molecule has 0 amide bonds. The Kier molecular flexibility index (Phi) is 3.89. The Balaban J connectivity index is 2.29. The summed E-state index contributed by atoms with van der Waals surface area (Å²) in [4.78, 5) is -0.186.